The number of nitrogens with zero attached hydrogens (tertiary/aromatic N) is 5. The zero-order chi connectivity index (χ0) is 27.1. The lowest BCUT2D eigenvalue weighted by Crippen LogP contribution is -2.68. The number of methoxy groups -OCH3 is 1. The molecule has 0 amide bonds. The Bertz CT molecular complexity index is 1500. The number of fused-ring (bicyclic) bond motifs is 1. The first-order chi connectivity index (χ1) is 19.6. The summed E-state index contributed by atoms with van der Waals surface area (Å²) in [4.78, 5) is 31.3. The molecule has 9 nitrogen and oxygen atoms in total. The summed E-state index contributed by atoms with van der Waals surface area (Å²) >= 11 is 0. The number of hydrogen-bond acceptors (Lipinski definition) is 8. The second-order valence-corrected chi connectivity index (χ2v) is 11.4. The fraction of sp³-hybridized carbons (Fsp3) is 0.387. The highest BCUT2D eigenvalue weighted by Gasteiger charge is 2.54. The van der Waals surface area contributed by atoms with Crippen LogP contribution in [-0.2, 0) is 6.54 Å². The number of aromatic amines is 1. The van der Waals surface area contributed by atoms with Crippen molar-refractivity contribution >= 4 is 23.0 Å². The van der Waals surface area contributed by atoms with E-state index in [4.69, 9.17) is 9.47 Å². The van der Waals surface area contributed by atoms with Crippen LogP contribution in [0, 0.1) is 5.41 Å². The zero-order valence-electron chi connectivity index (χ0n) is 22.8. The predicted molar refractivity (Wildman–Crippen MR) is 153 cm³/mol. The molecule has 206 valence electrons. The molecular formula is C31H34N6O3. The van der Waals surface area contributed by atoms with Crippen molar-refractivity contribution < 1.29 is 14.3 Å². The Kier molecular flexibility index (Phi) is 6.40. The average molecular weight is 539 g/mol. The van der Waals surface area contributed by atoms with Crippen molar-refractivity contribution in [2.75, 3.05) is 51.3 Å². The molecule has 1 spiro atoms. The number of H-pyrrole nitrogens is 1. The number of pyridine rings is 2. The second kappa shape index (κ2) is 10.2. The molecule has 3 aromatic heterocycles. The van der Waals surface area contributed by atoms with Gasteiger partial charge < -0.3 is 19.4 Å². The first-order valence-corrected chi connectivity index (χ1v) is 14.0. The maximum absolute atomic E-state index is 11.7. The highest BCUT2D eigenvalue weighted by atomic mass is 16.5. The van der Waals surface area contributed by atoms with Gasteiger partial charge in [-0.3, -0.25) is 19.6 Å². The number of aromatic nitrogens is 3. The lowest BCUT2D eigenvalue weighted by Gasteiger charge is -2.62. The van der Waals surface area contributed by atoms with Crippen LogP contribution >= 0.6 is 0 Å². The van der Waals surface area contributed by atoms with Gasteiger partial charge in [-0.05, 0) is 49.2 Å². The second-order valence-electron chi connectivity index (χ2n) is 11.4. The van der Waals surface area contributed by atoms with Gasteiger partial charge in [0.05, 0.1) is 30.8 Å². The highest BCUT2D eigenvalue weighted by molar-refractivity contribution is 5.82. The van der Waals surface area contributed by atoms with E-state index in [9.17, 15) is 4.79 Å². The van der Waals surface area contributed by atoms with E-state index in [1.165, 1.54) is 12.8 Å². The van der Waals surface area contributed by atoms with Crippen molar-refractivity contribution in [2.24, 2.45) is 5.41 Å². The molecule has 3 aliphatic rings. The molecule has 0 unspecified atom stereocenters. The van der Waals surface area contributed by atoms with Gasteiger partial charge in [-0.15, -0.1) is 0 Å². The molecule has 3 fully saturated rings. The van der Waals surface area contributed by atoms with Crippen molar-refractivity contribution in [1.29, 1.82) is 0 Å². The summed E-state index contributed by atoms with van der Waals surface area (Å²) in [7, 11) is 1.67. The number of anilines is 1. The Morgan fingerprint density at radius 2 is 1.82 bits per heavy atom. The Balaban J connectivity index is 0.913. The number of benzene rings is 1. The number of hydrogen-bond donors (Lipinski definition) is 1. The van der Waals surface area contributed by atoms with E-state index in [1.54, 1.807) is 19.5 Å². The number of carbonyl (C=O) groups is 1. The molecule has 9 heteroatoms. The summed E-state index contributed by atoms with van der Waals surface area (Å²) in [5, 5.41) is 0.973. The third-order valence-corrected chi connectivity index (χ3v) is 8.82. The van der Waals surface area contributed by atoms with Crippen molar-refractivity contribution in [3.05, 3.63) is 72.3 Å². The first kappa shape index (κ1) is 25.0. The molecular weight excluding hydrogens is 504 g/mol. The molecule has 4 aromatic rings. The number of rotatable bonds is 8. The highest BCUT2D eigenvalue weighted by Crippen LogP contribution is 2.52. The SMILES string of the molecule is COc1ccc(CN2CCN(C3CC4(C3)CN(c3ccc(C=O)c(Oc5cnc6[nH]ccc6c5)c3)C4)CC2)nc1. The predicted octanol–water partition coefficient (Wildman–Crippen LogP) is 4.36. The number of carbonyl (C=O) groups excluding carboxylic acids is 1. The lowest BCUT2D eigenvalue weighted by atomic mass is 9.60. The van der Waals surface area contributed by atoms with Crippen LogP contribution in [0.5, 0.6) is 17.2 Å². The van der Waals surface area contributed by atoms with Gasteiger partial charge in [0.25, 0.3) is 0 Å². The number of aldehydes is 1. The molecule has 1 N–H and O–H groups in total. The first-order valence-electron chi connectivity index (χ1n) is 14.0. The molecule has 0 radical (unpaired) electrons. The molecule has 0 bridgehead atoms. The molecule has 1 aromatic carbocycles. The van der Waals surface area contributed by atoms with E-state index >= 15 is 0 Å². The molecule has 5 heterocycles. The standard InChI is InChI=1S/C31H34N6O3/c1-39-27-5-3-24(33-16-27)18-35-8-10-36(11-9-35)26-14-31(15-26)20-37(21-31)25-4-2-23(19-38)29(13-25)40-28-12-22-6-7-32-30(22)34-17-28/h2-7,12-13,16-17,19,26H,8-11,14-15,18,20-21H2,1H3,(H,32,34). The van der Waals surface area contributed by atoms with Crippen LogP contribution in [-0.4, -0.2) is 83.5 Å². The summed E-state index contributed by atoms with van der Waals surface area (Å²) in [6, 6.07) is 14.5. The summed E-state index contributed by atoms with van der Waals surface area (Å²) in [5.74, 6) is 1.99. The third-order valence-electron chi connectivity index (χ3n) is 8.82. The Hall–Kier alpha value is -3.95. The van der Waals surface area contributed by atoms with Crippen LogP contribution in [0.3, 0.4) is 0 Å². The lowest BCUT2D eigenvalue weighted by molar-refractivity contribution is -0.0381. The Morgan fingerprint density at radius 3 is 2.58 bits per heavy atom. The van der Waals surface area contributed by atoms with Gasteiger partial charge in [-0.1, -0.05) is 0 Å². The minimum absolute atomic E-state index is 0.419. The van der Waals surface area contributed by atoms with Gasteiger partial charge >= 0.3 is 0 Å². The van der Waals surface area contributed by atoms with E-state index in [1.807, 2.05) is 42.6 Å². The maximum atomic E-state index is 11.7. The summed E-state index contributed by atoms with van der Waals surface area (Å²) in [6.45, 7) is 7.43. The van der Waals surface area contributed by atoms with Crippen LogP contribution in [0.25, 0.3) is 11.0 Å². The fourth-order valence-corrected chi connectivity index (χ4v) is 6.55. The molecule has 1 saturated carbocycles. The molecule has 7 rings (SSSR count). The molecule has 2 aliphatic heterocycles. The van der Waals surface area contributed by atoms with E-state index in [0.717, 1.165) is 80.3 Å². The molecule has 2 saturated heterocycles. The Morgan fingerprint density at radius 1 is 1.00 bits per heavy atom. The average Bonchev–Trinajstić information content (AvgIpc) is 3.41. The van der Waals surface area contributed by atoms with Gasteiger partial charge in [-0.25, -0.2) is 4.98 Å². The Labute approximate surface area is 233 Å². The van der Waals surface area contributed by atoms with Crippen LogP contribution in [0.4, 0.5) is 5.69 Å². The number of ether oxygens (including phenoxy) is 2. The number of nitrogens with one attached hydrogen (secondary N) is 1. The van der Waals surface area contributed by atoms with E-state index in [2.05, 4.69) is 35.7 Å². The van der Waals surface area contributed by atoms with Gasteiger partial charge in [0.2, 0.25) is 0 Å². The smallest absolute Gasteiger partial charge is 0.153 e. The quantitative estimate of drug-likeness (QED) is 0.331. The van der Waals surface area contributed by atoms with E-state index in [0.29, 0.717) is 28.5 Å². The zero-order valence-corrected chi connectivity index (χ0v) is 22.8. The number of piperazine rings is 1. The molecule has 0 atom stereocenters. The van der Waals surface area contributed by atoms with Crippen molar-refractivity contribution in [3.8, 4) is 17.2 Å². The summed E-state index contributed by atoms with van der Waals surface area (Å²) in [6.07, 6.45) is 8.72. The maximum Gasteiger partial charge on any atom is 0.153 e. The molecule has 1 aliphatic carbocycles. The van der Waals surface area contributed by atoms with Crippen molar-refractivity contribution in [1.82, 2.24) is 24.8 Å². The van der Waals surface area contributed by atoms with Crippen LogP contribution in [0.2, 0.25) is 0 Å². The van der Waals surface area contributed by atoms with Gasteiger partial charge in [0, 0.05) is 80.6 Å². The summed E-state index contributed by atoms with van der Waals surface area (Å²) in [5.41, 5.74) is 3.97. The van der Waals surface area contributed by atoms with Gasteiger partial charge in [-0.2, -0.15) is 0 Å². The fourth-order valence-electron chi connectivity index (χ4n) is 6.55. The minimum atomic E-state index is 0.419. The van der Waals surface area contributed by atoms with E-state index in [-0.39, 0.29) is 0 Å². The monoisotopic (exact) mass is 538 g/mol. The third kappa shape index (κ3) is 4.80. The topological polar surface area (TPSA) is 86.8 Å². The normalized spacial score (nSPS) is 19.4. The largest absolute Gasteiger partial charge is 0.495 e. The van der Waals surface area contributed by atoms with Gasteiger partial charge in [0.15, 0.2) is 6.29 Å². The van der Waals surface area contributed by atoms with Crippen LogP contribution < -0.4 is 14.4 Å². The minimum Gasteiger partial charge on any atom is -0.495 e. The van der Waals surface area contributed by atoms with E-state index < -0.39 is 0 Å². The van der Waals surface area contributed by atoms with Crippen molar-refractivity contribution in [2.45, 2.75) is 25.4 Å². The van der Waals surface area contributed by atoms with Gasteiger partial charge in [0.1, 0.15) is 22.9 Å². The summed E-state index contributed by atoms with van der Waals surface area (Å²) < 4.78 is 11.3. The van der Waals surface area contributed by atoms with Crippen LogP contribution in [0.1, 0.15) is 28.9 Å². The van der Waals surface area contributed by atoms with Crippen molar-refractivity contribution in [3.63, 3.8) is 0 Å². The van der Waals surface area contributed by atoms with Crippen LogP contribution in [0.15, 0.2) is 61.1 Å². The molecule has 40 heavy (non-hydrogen) atoms.